The molecular formula is C29H50N2O2. The third kappa shape index (κ3) is 5.97. The third-order valence-corrected chi connectivity index (χ3v) is 10.4. The van der Waals surface area contributed by atoms with Gasteiger partial charge >= 0.3 is 0 Å². The van der Waals surface area contributed by atoms with Crippen LogP contribution in [0.2, 0.25) is 0 Å². The van der Waals surface area contributed by atoms with Gasteiger partial charge in [0.1, 0.15) is 0 Å². The van der Waals surface area contributed by atoms with E-state index in [1.807, 2.05) is 0 Å². The molecule has 1 amide bonds. The number of hydrogen-bond donors (Lipinski definition) is 1. The summed E-state index contributed by atoms with van der Waals surface area (Å²) in [6, 6.07) is 0. The lowest BCUT2D eigenvalue weighted by Gasteiger charge is -2.44. The highest BCUT2D eigenvalue weighted by atomic mass is 16.5. The molecule has 0 spiro atoms. The minimum atomic E-state index is 0.289. The number of rotatable bonds is 7. The Morgan fingerprint density at radius 2 is 1.64 bits per heavy atom. The Balaban J connectivity index is 0.953. The van der Waals surface area contributed by atoms with Crippen molar-refractivity contribution in [2.24, 2.45) is 41.4 Å². The zero-order valence-corrected chi connectivity index (χ0v) is 21.3. The van der Waals surface area contributed by atoms with Gasteiger partial charge in [-0.15, -0.1) is 0 Å². The quantitative estimate of drug-likeness (QED) is 0.501. The average Bonchev–Trinajstić information content (AvgIpc) is 3.28. The standard InChI is InChI=1S/C29H50N2O2/c1-21-9-14-28-26(17-21)27-19-31(18-25(27)20-33-28)16-6-5-15-30-29(32)24-12-10-23(11-13-24)22-7-3-2-4-8-22/h21-28H,2-20H2,1H3,(H,30,32)/t21?,23?,24?,25-,26?,27+,28?/m1/s1. The first-order chi connectivity index (χ1) is 16.2. The molecule has 0 aromatic carbocycles. The average molecular weight is 459 g/mol. The molecule has 5 atom stereocenters. The lowest BCUT2D eigenvalue weighted by Crippen LogP contribution is -2.44. The Morgan fingerprint density at radius 3 is 2.45 bits per heavy atom. The fourth-order valence-corrected chi connectivity index (χ4v) is 8.41. The number of amides is 1. The highest BCUT2D eigenvalue weighted by molar-refractivity contribution is 5.78. The monoisotopic (exact) mass is 458 g/mol. The van der Waals surface area contributed by atoms with Crippen molar-refractivity contribution in [1.82, 2.24) is 10.2 Å². The van der Waals surface area contributed by atoms with Crippen molar-refractivity contribution in [1.29, 1.82) is 0 Å². The van der Waals surface area contributed by atoms with Gasteiger partial charge in [0.2, 0.25) is 5.91 Å². The second-order valence-electron chi connectivity index (χ2n) is 12.6. The number of nitrogens with one attached hydrogen (secondary N) is 1. The molecule has 188 valence electrons. The molecule has 2 aliphatic heterocycles. The number of nitrogens with zero attached hydrogens (tertiary/aromatic N) is 1. The number of fused-ring (bicyclic) bond motifs is 3. The fourth-order valence-electron chi connectivity index (χ4n) is 8.41. The van der Waals surface area contributed by atoms with Gasteiger partial charge in [-0.3, -0.25) is 4.79 Å². The van der Waals surface area contributed by atoms with E-state index in [9.17, 15) is 4.79 Å². The molecule has 3 saturated carbocycles. The van der Waals surface area contributed by atoms with Gasteiger partial charge < -0.3 is 15.0 Å². The predicted molar refractivity (Wildman–Crippen MR) is 134 cm³/mol. The maximum atomic E-state index is 12.7. The number of likely N-dealkylation sites (tertiary alicyclic amines) is 1. The van der Waals surface area contributed by atoms with Crippen molar-refractivity contribution < 1.29 is 9.53 Å². The molecule has 5 rings (SSSR count). The first-order valence-electron chi connectivity index (χ1n) is 14.8. The van der Waals surface area contributed by atoms with Crippen LogP contribution < -0.4 is 5.32 Å². The first-order valence-corrected chi connectivity index (χ1v) is 14.8. The summed E-state index contributed by atoms with van der Waals surface area (Å²) >= 11 is 0. The van der Waals surface area contributed by atoms with Gasteiger partial charge in [0.25, 0.3) is 0 Å². The number of unbranched alkanes of at least 4 members (excludes halogenated alkanes) is 1. The Morgan fingerprint density at radius 1 is 0.848 bits per heavy atom. The van der Waals surface area contributed by atoms with Crippen LogP contribution in [0.1, 0.15) is 96.8 Å². The molecule has 5 fully saturated rings. The van der Waals surface area contributed by atoms with E-state index >= 15 is 0 Å². The van der Waals surface area contributed by atoms with Crippen molar-refractivity contribution in [3.63, 3.8) is 0 Å². The third-order valence-electron chi connectivity index (χ3n) is 10.4. The lowest BCUT2D eigenvalue weighted by molar-refractivity contribution is -0.126. The molecule has 0 aromatic heterocycles. The van der Waals surface area contributed by atoms with Crippen molar-refractivity contribution >= 4 is 5.91 Å². The normalized spacial score (nSPS) is 40.2. The minimum absolute atomic E-state index is 0.289. The molecule has 5 aliphatic rings. The summed E-state index contributed by atoms with van der Waals surface area (Å²) in [6.07, 6.45) is 19.0. The maximum Gasteiger partial charge on any atom is 0.223 e. The number of ether oxygens (including phenoxy) is 1. The number of carbonyl (C=O) groups excluding carboxylic acids is 1. The first kappa shape index (κ1) is 24.1. The number of hydrogen-bond acceptors (Lipinski definition) is 3. The van der Waals surface area contributed by atoms with Gasteiger partial charge in [0.05, 0.1) is 12.7 Å². The van der Waals surface area contributed by atoms with Crippen LogP contribution in [0, 0.1) is 41.4 Å². The van der Waals surface area contributed by atoms with E-state index < -0.39 is 0 Å². The largest absolute Gasteiger partial charge is 0.378 e. The lowest BCUT2D eigenvalue weighted by atomic mass is 9.69. The van der Waals surface area contributed by atoms with Crippen molar-refractivity contribution in [2.75, 3.05) is 32.8 Å². The Kier molecular flexibility index (Phi) is 8.34. The van der Waals surface area contributed by atoms with Gasteiger partial charge in [-0.1, -0.05) is 39.0 Å². The van der Waals surface area contributed by atoms with Gasteiger partial charge in [0, 0.05) is 25.6 Å². The molecule has 0 radical (unpaired) electrons. The van der Waals surface area contributed by atoms with Crippen LogP contribution in [-0.4, -0.2) is 49.7 Å². The van der Waals surface area contributed by atoms with Crippen molar-refractivity contribution in [2.45, 2.75) is 103 Å². The summed E-state index contributed by atoms with van der Waals surface area (Å²) in [4.78, 5) is 15.4. The molecule has 33 heavy (non-hydrogen) atoms. The van der Waals surface area contributed by atoms with Crippen LogP contribution in [0.25, 0.3) is 0 Å². The zero-order valence-electron chi connectivity index (χ0n) is 21.3. The topological polar surface area (TPSA) is 41.6 Å². The summed E-state index contributed by atoms with van der Waals surface area (Å²) in [6.45, 7) is 8.02. The van der Waals surface area contributed by atoms with Gasteiger partial charge in [0.15, 0.2) is 0 Å². The fraction of sp³-hybridized carbons (Fsp3) is 0.966. The van der Waals surface area contributed by atoms with Crippen LogP contribution in [0.3, 0.4) is 0 Å². The van der Waals surface area contributed by atoms with Gasteiger partial charge in [-0.05, 0) is 99.8 Å². The zero-order chi connectivity index (χ0) is 22.6. The Labute approximate surface area is 203 Å². The summed E-state index contributed by atoms with van der Waals surface area (Å²) in [5.41, 5.74) is 0. The molecule has 2 heterocycles. The molecule has 3 unspecified atom stereocenters. The van der Waals surface area contributed by atoms with Crippen molar-refractivity contribution in [3.8, 4) is 0 Å². The van der Waals surface area contributed by atoms with E-state index in [0.717, 1.165) is 67.9 Å². The second-order valence-corrected chi connectivity index (χ2v) is 12.6. The SMILES string of the molecule is CC1CCC2OC[C@H]3CN(CCCCNC(=O)C4CCC(C5CCCCC5)CC4)C[C@@H]3C2C1. The number of carbonyl (C=O) groups is 1. The summed E-state index contributed by atoms with van der Waals surface area (Å²) < 4.78 is 6.29. The molecule has 4 heteroatoms. The molecule has 4 nitrogen and oxygen atoms in total. The summed E-state index contributed by atoms with van der Waals surface area (Å²) in [7, 11) is 0. The molecular weight excluding hydrogens is 408 g/mol. The molecule has 1 N–H and O–H groups in total. The summed E-state index contributed by atoms with van der Waals surface area (Å²) in [5, 5.41) is 3.29. The van der Waals surface area contributed by atoms with Crippen LogP contribution >= 0.6 is 0 Å². The smallest absolute Gasteiger partial charge is 0.223 e. The van der Waals surface area contributed by atoms with Crippen molar-refractivity contribution in [3.05, 3.63) is 0 Å². The molecule has 0 bridgehead atoms. The van der Waals surface area contributed by atoms with E-state index in [0.29, 0.717) is 12.0 Å². The highest BCUT2D eigenvalue weighted by Crippen LogP contribution is 2.45. The van der Waals surface area contributed by atoms with E-state index in [-0.39, 0.29) is 5.92 Å². The van der Waals surface area contributed by atoms with Crippen LogP contribution in [-0.2, 0) is 9.53 Å². The van der Waals surface area contributed by atoms with Gasteiger partial charge in [-0.25, -0.2) is 0 Å². The van der Waals surface area contributed by atoms with Crippen LogP contribution in [0.15, 0.2) is 0 Å². The van der Waals surface area contributed by atoms with E-state index in [1.165, 1.54) is 90.3 Å². The predicted octanol–water partition coefficient (Wildman–Crippen LogP) is 5.65. The second kappa shape index (κ2) is 11.4. The molecule has 2 saturated heterocycles. The minimum Gasteiger partial charge on any atom is -0.378 e. The van der Waals surface area contributed by atoms with E-state index in [4.69, 9.17) is 4.74 Å². The van der Waals surface area contributed by atoms with Gasteiger partial charge in [-0.2, -0.15) is 0 Å². The van der Waals surface area contributed by atoms with E-state index in [2.05, 4.69) is 17.1 Å². The highest BCUT2D eigenvalue weighted by Gasteiger charge is 2.46. The summed E-state index contributed by atoms with van der Waals surface area (Å²) in [5.74, 6) is 5.84. The Bertz CT molecular complexity index is 625. The maximum absolute atomic E-state index is 12.7. The van der Waals surface area contributed by atoms with Crippen LogP contribution in [0.5, 0.6) is 0 Å². The molecule has 0 aromatic rings. The Hall–Kier alpha value is -0.610. The van der Waals surface area contributed by atoms with Crippen LogP contribution in [0.4, 0.5) is 0 Å². The molecule has 3 aliphatic carbocycles. The van der Waals surface area contributed by atoms with E-state index in [1.54, 1.807) is 0 Å².